The number of hydrogen-bond donors (Lipinski definition) is 3. The molecule has 1 fully saturated rings. The lowest BCUT2D eigenvalue weighted by Gasteiger charge is -2.16. The first-order valence-corrected chi connectivity index (χ1v) is 7.82. The third-order valence-electron chi connectivity index (χ3n) is 3.95. The molecular weight excluding hydrogens is 320 g/mol. The summed E-state index contributed by atoms with van der Waals surface area (Å²) in [6.07, 6.45) is -0.930. The number of H-pyrrole nitrogens is 1. The Morgan fingerprint density at radius 3 is 2.83 bits per heavy atom. The highest BCUT2D eigenvalue weighted by molar-refractivity contribution is 5.72. The van der Waals surface area contributed by atoms with E-state index >= 15 is 0 Å². The lowest BCUT2D eigenvalue weighted by Crippen LogP contribution is -2.35. The van der Waals surface area contributed by atoms with Crippen LogP contribution < -0.4 is 11.2 Å². The second-order valence-corrected chi connectivity index (χ2v) is 5.79. The SMILES string of the molecule is CCOC(=O)C(C)Cc1cn([C@H]2CC(O)[C@@H](CO)O2)c(=O)[nH]c1=O. The van der Waals surface area contributed by atoms with Crippen LogP contribution in [0.3, 0.4) is 0 Å². The van der Waals surface area contributed by atoms with Crippen molar-refractivity contribution < 1.29 is 24.5 Å². The number of nitrogens with one attached hydrogen (secondary N) is 1. The van der Waals surface area contributed by atoms with E-state index in [9.17, 15) is 19.5 Å². The molecule has 3 N–H and O–H groups in total. The summed E-state index contributed by atoms with van der Waals surface area (Å²) >= 11 is 0. The molecule has 1 aliphatic heterocycles. The van der Waals surface area contributed by atoms with Gasteiger partial charge in [0.15, 0.2) is 0 Å². The topological polar surface area (TPSA) is 131 Å². The molecule has 4 atom stereocenters. The summed E-state index contributed by atoms with van der Waals surface area (Å²) in [6.45, 7) is 3.19. The minimum Gasteiger partial charge on any atom is -0.466 e. The first-order valence-electron chi connectivity index (χ1n) is 7.82. The summed E-state index contributed by atoms with van der Waals surface area (Å²) in [7, 11) is 0. The van der Waals surface area contributed by atoms with Gasteiger partial charge in [-0.3, -0.25) is 19.1 Å². The van der Waals surface area contributed by atoms with Crippen molar-refractivity contribution in [2.45, 2.75) is 45.1 Å². The van der Waals surface area contributed by atoms with Gasteiger partial charge in [0, 0.05) is 18.2 Å². The fourth-order valence-corrected chi connectivity index (χ4v) is 2.63. The van der Waals surface area contributed by atoms with Gasteiger partial charge in [0.2, 0.25) is 0 Å². The number of nitrogens with zero attached hydrogens (tertiary/aromatic N) is 1. The van der Waals surface area contributed by atoms with Gasteiger partial charge in [-0.15, -0.1) is 0 Å². The van der Waals surface area contributed by atoms with Gasteiger partial charge in [0.1, 0.15) is 12.3 Å². The number of aliphatic hydroxyl groups is 2. The second kappa shape index (κ2) is 7.73. The van der Waals surface area contributed by atoms with Crippen molar-refractivity contribution in [3.63, 3.8) is 0 Å². The van der Waals surface area contributed by atoms with Crippen molar-refractivity contribution in [1.82, 2.24) is 9.55 Å². The highest BCUT2D eigenvalue weighted by Crippen LogP contribution is 2.27. The lowest BCUT2D eigenvalue weighted by molar-refractivity contribution is -0.147. The molecule has 0 amide bonds. The van der Waals surface area contributed by atoms with E-state index in [2.05, 4.69) is 4.98 Å². The van der Waals surface area contributed by atoms with Crippen molar-refractivity contribution >= 4 is 5.97 Å². The number of carbonyl (C=O) groups excluding carboxylic acids is 1. The number of aromatic amines is 1. The van der Waals surface area contributed by atoms with Crippen LogP contribution in [0.1, 0.15) is 32.1 Å². The van der Waals surface area contributed by atoms with Crippen LogP contribution in [0, 0.1) is 5.92 Å². The number of rotatable bonds is 6. The zero-order valence-electron chi connectivity index (χ0n) is 13.6. The van der Waals surface area contributed by atoms with Crippen LogP contribution >= 0.6 is 0 Å². The molecule has 0 radical (unpaired) electrons. The largest absolute Gasteiger partial charge is 0.466 e. The van der Waals surface area contributed by atoms with Gasteiger partial charge in [-0.25, -0.2) is 4.79 Å². The van der Waals surface area contributed by atoms with Crippen LogP contribution in [0.15, 0.2) is 15.8 Å². The molecule has 0 aromatic carbocycles. The predicted octanol–water partition coefficient (Wildman–Crippen LogP) is -1.08. The summed E-state index contributed by atoms with van der Waals surface area (Å²) in [5.74, 6) is -0.972. The molecule has 24 heavy (non-hydrogen) atoms. The average molecular weight is 342 g/mol. The Morgan fingerprint density at radius 2 is 2.25 bits per heavy atom. The van der Waals surface area contributed by atoms with E-state index in [-0.39, 0.29) is 31.6 Å². The summed E-state index contributed by atoms with van der Waals surface area (Å²) in [5, 5.41) is 18.9. The second-order valence-electron chi connectivity index (χ2n) is 5.79. The van der Waals surface area contributed by atoms with E-state index in [4.69, 9.17) is 14.6 Å². The van der Waals surface area contributed by atoms with Crippen molar-refractivity contribution in [2.24, 2.45) is 5.92 Å². The molecule has 1 aliphatic rings. The van der Waals surface area contributed by atoms with E-state index in [1.165, 1.54) is 6.20 Å². The molecular formula is C15H22N2O7. The molecule has 1 aromatic heterocycles. The first-order chi connectivity index (χ1) is 11.4. The van der Waals surface area contributed by atoms with E-state index < -0.39 is 41.6 Å². The van der Waals surface area contributed by atoms with E-state index in [1.807, 2.05) is 0 Å². The highest BCUT2D eigenvalue weighted by Gasteiger charge is 2.35. The fourth-order valence-electron chi connectivity index (χ4n) is 2.63. The Labute approximate surface area is 137 Å². The maximum atomic E-state index is 12.0. The lowest BCUT2D eigenvalue weighted by atomic mass is 10.0. The van der Waals surface area contributed by atoms with Crippen LogP contribution in [-0.2, 0) is 20.7 Å². The van der Waals surface area contributed by atoms with Crippen molar-refractivity contribution in [1.29, 1.82) is 0 Å². The average Bonchev–Trinajstić information content (AvgIpc) is 2.90. The highest BCUT2D eigenvalue weighted by atomic mass is 16.5. The number of aromatic nitrogens is 2. The Bertz CT molecular complexity index is 696. The molecule has 0 spiro atoms. The summed E-state index contributed by atoms with van der Waals surface area (Å²) < 4.78 is 11.5. The zero-order valence-corrected chi connectivity index (χ0v) is 13.6. The van der Waals surface area contributed by atoms with Gasteiger partial charge >= 0.3 is 11.7 Å². The Kier molecular flexibility index (Phi) is 5.92. The summed E-state index contributed by atoms with van der Waals surface area (Å²) in [5.41, 5.74) is -1.02. The van der Waals surface area contributed by atoms with Gasteiger partial charge in [0.05, 0.1) is 25.2 Å². The predicted molar refractivity (Wildman–Crippen MR) is 82.4 cm³/mol. The standard InChI is InChI=1S/C15H22N2O7/c1-3-23-14(21)8(2)4-9-6-17(15(22)16-13(9)20)12-5-10(19)11(7-18)24-12/h6,8,10-12,18-19H,3-5,7H2,1-2H3,(H,16,20,22)/t8?,10?,11-,12-/m1/s1. The molecule has 0 bridgehead atoms. The van der Waals surface area contributed by atoms with Crippen LogP contribution in [0.2, 0.25) is 0 Å². The minimum absolute atomic E-state index is 0.104. The third-order valence-corrected chi connectivity index (χ3v) is 3.95. The Hall–Kier alpha value is -1.97. The third kappa shape index (κ3) is 3.92. The molecule has 0 aliphatic carbocycles. The molecule has 134 valence electrons. The monoisotopic (exact) mass is 342 g/mol. The van der Waals surface area contributed by atoms with Gasteiger partial charge in [0.25, 0.3) is 5.56 Å². The number of hydrogen-bond acceptors (Lipinski definition) is 7. The number of esters is 1. The molecule has 9 heteroatoms. The quantitative estimate of drug-likeness (QED) is 0.560. The van der Waals surface area contributed by atoms with Crippen molar-refractivity contribution in [3.8, 4) is 0 Å². The van der Waals surface area contributed by atoms with Gasteiger partial charge in [-0.2, -0.15) is 0 Å². The number of aliphatic hydroxyl groups excluding tert-OH is 2. The van der Waals surface area contributed by atoms with Crippen LogP contribution in [0.25, 0.3) is 0 Å². The van der Waals surface area contributed by atoms with Crippen LogP contribution in [-0.4, -0.2) is 51.2 Å². The molecule has 2 unspecified atom stereocenters. The van der Waals surface area contributed by atoms with E-state index in [0.29, 0.717) is 0 Å². The first kappa shape index (κ1) is 18.4. The molecule has 1 aromatic rings. The molecule has 0 saturated carbocycles. The molecule has 2 heterocycles. The smallest absolute Gasteiger partial charge is 0.330 e. The number of ether oxygens (including phenoxy) is 2. The minimum atomic E-state index is -0.902. The Balaban J connectivity index is 2.24. The molecule has 9 nitrogen and oxygen atoms in total. The summed E-state index contributed by atoms with van der Waals surface area (Å²) in [4.78, 5) is 37.8. The van der Waals surface area contributed by atoms with Crippen molar-refractivity contribution in [2.75, 3.05) is 13.2 Å². The Morgan fingerprint density at radius 1 is 1.54 bits per heavy atom. The maximum absolute atomic E-state index is 12.0. The van der Waals surface area contributed by atoms with Crippen LogP contribution in [0.4, 0.5) is 0 Å². The van der Waals surface area contributed by atoms with Gasteiger partial charge in [-0.1, -0.05) is 6.92 Å². The fraction of sp³-hybridized carbons (Fsp3) is 0.667. The molecule has 2 rings (SSSR count). The van der Waals surface area contributed by atoms with Crippen LogP contribution in [0.5, 0.6) is 0 Å². The maximum Gasteiger partial charge on any atom is 0.330 e. The summed E-state index contributed by atoms with van der Waals surface area (Å²) in [6, 6.07) is 0. The van der Waals surface area contributed by atoms with E-state index in [1.54, 1.807) is 13.8 Å². The normalized spacial score (nSPS) is 24.8. The van der Waals surface area contributed by atoms with Crippen molar-refractivity contribution in [3.05, 3.63) is 32.6 Å². The molecule has 1 saturated heterocycles. The van der Waals surface area contributed by atoms with Gasteiger partial charge in [-0.05, 0) is 13.3 Å². The van der Waals surface area contributed by atoms with Gasteiger partial charge < -0.3 is 19.7 Å². The van der Waals surface area contributed by atoms with E-state index in [0.717, 1.165) is 4.57 Å². The zero-order chi connectivity index (χ0) is 17.9. The number of carbonyl (C=O) groups is 1.